The molecule has 1 unspecified atom stereocenters. The van der Waals surface area contributed by atoms with Crippen molar-refractivity contribution < 1.29 is 0 Å². The number of aromatic amines is 1. The molecule has 1 aromatic rings. The van der Waals surface area contributed by atoms with Crippen LogP contribution in [0.2, 0.25) is 0 Å². The van der Waals surface area contributed by atoms with Crippen molar-refractivity contribution in [1.82, 2.24) is 4.98 Å². The zero-order valence-electron chi connectivity index (χ0n) is 5.96. The van der Waals surface area contributed by atoms with Crippen LogP contribution in [0.3, 0.4) is 0 Å². The topological polar surface area (TPSA) is 28.1 Å². The number of fused-ring (bicyclic) bond motifs is 1. The normalized spacial score (nSPS) is 22.7. The molecule has 1 aliphatic heterocycles. The second-order valence-corrected chi connectivity index (χ2v) is 2.74. The maximum Gasteiger partial charge on any atom is 0.0526 e. The Morgan fingerprint density at radius 3 is 3.50 bits per heavy atom. The fourth-order valence-corrected chi connectivity index (χ4v) is 1.27. The molecule has 0 spiro atoms. The first-order valence-corrected chi connectivity index (χ1v) is 3.55. The molecule has 2 heteroatoms. The summed E-state index contributed by atoms with van der Waals surface area (Å²) in [5.74, 6) is 0. The Labute approximate surface area is 60.0 Å². The minimum absolute atomic E-state index is 0.450. The molecule has 0 bridgehead atoms. The minimum atomic E-state index is 0.450. The Morgan fingerprint density at radius 2 is 2.60 bits per heavy atom. The summed E-state index contributed by atoms with van der Waals surface area (Å²) in [6.07, 6.45) is 4.97. The minimum Gasteiger partial charge on any atom is -0.364 e. The summed E-state index contributed by atoms with van der Waals surface area (Å²) in [5.41, 5.74) is 2.57. The second kappa shape index (κ2) is 1.97. The molecule has 1 N–H and O–H groups in total. The molecule has 2 heterocycles. The van der Waals surface area contributed by atoms with Gasteiger partial charge in [-0.1, -0.05) is 0 Å². The first-order valence-electron chi connectivity index (χ1n) is 3.55. The van der Waals surface area contributed by atoms with E-state index < -0.39 is 0 Å². The van der Waals surface area contributed by atoms with Crippen LogP contribution in [0, 0.1) is 0 Å². The highest BCUT2D eigenvalue weighted by atomic mass is 14.8. The molecule has 1 aliphatic rings. The Bertz CT molecular complexity index is 260. The highest BCUT2D eigenvalue weighted by Gasteiger charge is 2.10. The second-order valence-electron chi connectivity index (χ2n) is 2.74. The van der Waals surface area contributed by atoms with Crippen LogP contribution in [-0.2, 0) is 6.42 Å². The molecule has 0 saturated carbocycles. The third kappa shape index (κ3) is 0.764. The van der Waals surface area contributed by atoms with Gasteiger partial charge < -0.3 is 4.98 Å². The van der Waals surface area contributed by atoms with Crippen LogP contribution in [0.1, 0.15) is 18.2 Å². The largest absolute Gasteiger partial charge is 0.364 e. The number of hydrogen-bond donors (Lipinski definition) is 1. The fraction of sp³-hybridized carbons (Fsp3) is 0.375. The van der Waals surface area contributed by atoms with Gasteiger partial charge in [0.1, 0.15) is 0 Å². The van der Waals surface area contributed by atoms with E-state index in [4.69, 9.17) is 0 Å². The lowest BCUT2D eigenvalue weighted by molar-refractivity contribution is 0.720. The van der Waals surface area contributed by atoms with E-state index in [-0.39, 0.29) is 0 Å². The van der Waals surface area contributed by atoms with Crippen LogP contribution in [-0.4, -0.2) is 17.2 Å². The third-order valence-electron chi connectivity index (χ3n) is 1.84. The van der Waals surface area contributed by atoms with Crippen LogP contribution in [0.25, 0.3) is 0 Å². The molecule has 1 atom stereocenters. The highest BCUT2D eigenvalue weighted by Crippen LogP contribution is 2.13. The first kappa shape index (κ1) is 5.71. The summed E-state index contributed by atoms with van der Waals surface area (Å²) in [4.78, 5) is 7.50. The number of H-pyrrole nitrogens is 1. The van der Waals surface area contributed by atoms with Gasteiger partial charge in [-0.05, 0) is 13.0 Å². The predicted octanol–water partition coefficient (Wildman–Crippen LogP) is 1.38. The predicted molar refractivity (Wildman–Crippen MR) is 41.6 cm³/mol. The van der Waals surface area contributed by atoms with Crippen molar-refractivity contribution in [2.75, 3.05) is 0 Å². The lowest BCUT2D eigenvalue weighted by Crippen LogP contribution is -2.10. The van der Waals surface area contributed by atoms with Crippen molar-refractivity contribution in [3.63, 3.8) is 0 Å². The number of aliphatic imine (C=N–C) groups is 1. The summed E-state index contributed by atoms with van der Waals surface area (Å²) >= 11 is 0. The van der Waals surface area contributed by atoms with Gasteiger partial charge >= 0.3 is 0 Å². The lowest BCUT2D eigenvalue weighted by atomic mass is 10.1. The molecule has 1 aromatic heterocycles. The summed E-state index contributed by atoms with van der Waals surface area (Å²) in [6.45, 7) is 2.13. The Kier molecular flexibility index (Phi) is 1.13. The van der Waals surface area contributed by atoms with Gasteiger partial charge in [0.25, 0.3) is 0 Å². The number of nitrogens with zero attached hydrogens (tertiary/aromatic N) is 1. The van der Waals surface area contributed by atoms with Gasteiger partial charge in [0, 0.05) is 30.1 Å². The Hall–Kier alpha value is -1.05. The maximum absolute atomic E-state index is 4.30. The van der Waals surface area contributed by atoms with E-state index >= 15 is 0 Å². The Balaban J connectivity index is 2.43. The standard InChI is InChI=1S/C8H10N2/c1-6-4-8-7(5-10-6)2-3-9-8/h2-3,5-6,9H,4H2,1H3. The van der Waals surface area contributed by atoms with Crippen molar-refractivity contribution >= 4 is 6.21 Å². The van der Waals surface area contributed by atoms with E-state index in [1.54, 1.807) is 0 Å². The fourth-order valence-electron chi connectivity index (χ4n) is 1.27. The first-order chi connectivity index (χ1) is 4.86. The summed E-state index contributed by atoms with van der Waals surface area (Å²) in [6, 6.07) is 2.51. The zero-order valence-corrected chi connectivity index (χ0v) is 5.96. The highest BCUT2D eigenvalue weighted by molar-refractivity contribution is 5.82. The van der Waals surface area contributed by atoms with Gasteiger partial charge in [-0.2, -0.15) is 0 Å². The quantitative estimate of drug-likeness (QED) is 0.555. The molecule has 10 heavy (non-hydrogen) atoms. The summed E-state index contributed by atoms with van der Waals surface area (Å²) in [5, 5.41) is 0. The SMILES string of the molecule is CC1Cc2[nH]ccc2C=N1. The zero-order chi connectivity index (χ0) is 6.97. The van der Waals surface area contributed by atoms with Gasteiger partial charge in [0.05, 0.1) is 6.04 Å². The number of hydrogen-bond acceptors (Lipinski definition) is 1. The van der Waals surface area contributed by atoms with Crippen LogP contribution < -0.4 is 0 Å². The Morgan fingerprint density at radius 1 is 1.70 bits per heavy atom. The van der Waals surface area contributed by atoms with Gasteiger partial charge in [-0.25, -0.2) is 0 Å². The van der Waals surface area contributed by atoms with Gasteiger partial charge in [0.2, 0.25) is 0 Å². The van der Waals surface area contributed by atoms with Crippen LogP contribution in [0.15, 0.2) is 17.3 Å². The molecule has 2 nitrogen and oxygen atoms in total. The molecule has 0 fully saturated rings. The molecule has 0 aliphatic carbocycles. The van der Waals surface area contributed by atoms with Crippen LogP contribution >= 0.6 is 0 Å². The average molecular weight is 134 g/mol. The molecule has 0 radical (unpaired) electrons. The van der Waals surface area contributed by atoms with Crippen molar-refractivity contribution in [2.24, 2.45) is 4.99 Å². The van der Waals surface area contributed by atoms with E-state index in [9.17, 15) is 0 Å². The molecule has 0 saturated heterocycles. The van der Waals surface area contributed by atoms with E-state index in [0.29, 0.717) is 6.04 Å². The van der Waals surface area contributed by atoms with Crippen molar-refractivity contribution in [2.45, 2.75) is 19.4 Å². The smallest absolute Gasteiger partial charge is 0.0526 e. The third-order valence-corrected chi connectivity index (χ3v) is 1.84. The molecule has 2 rings (SSSR count). The van der Waals surface area contributed by atoms with Gasteiger partial charge in [-0.15, -0.1) is 0 Å². The molecular weight excluding hydrogens is 124 g/mol. The van der Waals surface area contributed by atoms with Gasteiger partial charge in [-0.3, -0.25) is 4.99 Å². The van der Waals surface area contributed by atoms with Crippen molar-refractivity contribution in [1.29, 1.82) is 0 Å². The van der Waals surface area contributed by atoms with E-state index in [0.717, 1.165) is 6.42 Å². The maximum atomic E-state index is 4.30. The average Bonchev–Trinajstić information content (AvgIpc) is 2.33. The van der Waals surface area contributed by atoms with E-state index in [1.165, 1.54) is 11.3 Å². The van der Waals surface area contributed by atoms with Crippen molar-refractivity contribution in [3.05, 3.63) is 23.5 Å². The van der Waals surface area contributed by atoms with E-state index in [2.05, 4.69) is 23.0 Å². The molecule has 0 amide bonds. The van der Waals surface area contributed by atoms with Crippen LogP contribution in [0.5, 0.6) is 0 Å². The lowest BCUT2D eigenvalue weighted by Gasteiger charge is -2.10. The molecule has 52 valence electrons. The number of aromatic nitrogens is 1. The van der Waals surface area contributed by atoms with Gasteiger partial charge in [0.15, 0.2) is 0 Å². The number of rotatable bonds is 0. The summed E-state index contributed by atoms with van der Waals surface area (Å²) < 4.78 is 0. The summed E-state index contributed by atoms with van der Waals surface area (Å²) in [7, 11) is 0. The number of nitrogens with one attached hydrogen (secondary N) is 1. The molecular formula is C8H10N2. The molecule has 0 aromatic carbocycles. The van der Waals surface area contributed by atoms with E-state index in [1.807, 2.05) is 12.4 Å². The van der Waals surface area contributed by atoms with Crippen molar-refractivity contribution in [3.8, 4) is 0 Å². The monoisotopic (exact) mass is 134 g/mol. The van der Waals surface area contributed by atoms with Crippen LogP contribution in [0.4, 0.5) is 0 Å².